The number of thioether (sulfide) groups is 1. The molecule has 0 aromatic heterocycles. The fraction of sp³-hybridized carbons (Fsp3) is 0.316. The third-order valence-corrected chi connectivity index (χ3v) is 4.44. The highest BCUT2D eigenvalue weighted by molar-refractivity contribution is 8.18. The number of imide groups is 1. The summed E-state index contributed by atoms with van der Waals surface area (Å²) >= 11 is 0.826. The fourth-order valence-electron chi connectivity index (χ4n) is 2.18. The summed E-state index contributed by atoms with van der Waals surface area (Å²) in [7, 11) is 0. The Kier molecular flexibility index (Phi) is 7.30. The van der Waals surface area contributed by atoms with Gasteiger partial charge in [-0.2, -0.15) is 0 Å². The van der Waals surface area contributed by atoms with Crippen molar-refractivity contribution < 1.29 is 19.1 Å². The highest BCUT2D eigenvalue weighted by atomic mass is 32.2. The Morgan fingerprint density at radius 2 is 2.08 bits per heavy atom. The number of benzene rings is 1. The molecule has 0 bridgehead atoms. The minimum absolute atomic E-state index is 0.179. The molecular formula is C19H20N2O4S. The lowest BCUT2D eigenvalue weighted by Crippen LogP contribution is -2.39. The Morgan fingerprint density at radius 1 is 1.35 bits per heavy atom. The number of nitrogens with one attached hydrogen (secondary N) is 1. The van der Waals surface area contributed by atoms with Crippen LogP contribution in [-0.4, -0.2) is 41.6 Å². The van der Waals surface area contributed by atoms with Crippen LogP contribution in [-0.2, 0) is 9.59 Å². The smallest absolute Gasteiger partial charge is 0.294 e. The zero-order valence-electron chi connectivity index (χ0n) is 14.5. The van der Waals surface area contributed by atoms with Crippen molar-refractivity contribution >= 4 is 34.9 Å². The number of hydrogen-bond donors (Lipinski definition) is 1. The van der Waals surface area contributed by atoms with Crippen molar-refractivity contribution in [3.63, 3.8) is 0 Å². The first-order chi connectivity index (χ1) is 12.5. The fourth-order valence-corrected chi connectivity index (χ4v) is 3.02. The number of amides is 3. The summed E-state index contributed by atoms with van der Waals surface area (Å²) in [6.45, 7) is 2.47. The van der Waals surface area contributed by atoms with Crippen molar-refractivity contribution in [2.75, 3.05) is 19.7 Å². The zero-order chi connectivity index (χ0) is 18.9. The van der Waals surface area contributed by atoms with Crippen LogP contribution in [0.15, 0.2) is 29.2 Å². The van der Waals surface area contributed by atoms with Crippen molar-refractivity contribution in [1.29, 1.82) is 0 Å². The van der Waals surface area contributed by atoms with Crippen LogP contribution in [0, 0.1) is 12.3 Å². The predicted octanol–water partition coefficient (Wildman–Crippen LogP) is 2.65. The summed E-state index contributed by atoms with van der Waals surface area (Å²) in [5.74, 6) is 2.20. The Labute approximate surface area is 157 Å². The summed E-state index contributed by atoms with van der Waals surface area (Å²) in [5.41, 5.74) is 0.746. The lowest BCUT2D eigenvalue weighted by Gasteiger charge is -2.12. The molecule has 1 N–H and O–H groups in total. The van der Waals surface area contributed by atoms with E-state index in [2.05, 4.69) is 11.2 Å². The van der Waals surface area contributed by atoms with Gasteiger partial charge in [0.25, 0.3) is 11.1 Å². The number of hydrogen-bond acceptors (Lipinski definition) is 5. The van der Waals surface area contributed by atoms with E-state index in [-0.39, 0.29) is 24.0 Å². The molecule has 3 amide bonds. The van der Waals surface area contributed by atoms with Gasteiger partial charge in [-0.3, -0.25) is 19.3 Å². The van der Waals surface area contributed by atoms with Gasteiger partial charge in [-0.15, -0.1) is 6.42 Å². The Bertz CT molecular complexity index is 750. The van der Waals surface area contributed by atoms with Crippen molar-refractivity contribution in [2.24, 2.45) is 0 Å². The Balaban J connectivity index is 1.99. The van der Waals surface area contributed by atoms with E-state index in [0.717, 1.165) is 35.1 Å². The maximum absolute atomic E-state index is 12.4. The van der Waals surface area contributed by atoms with Crippen molar-refractivity contribution in [3.05, 3.63) is 34.7 Å². The molecule has 1 aliphatic rings. The van der Waals surface area contributed by atoms with Crippen LogP contribution in [0.1, 0.15) is 25.3 Å². The summed E-state index contributed by atoms with van der Waals surface area (Å²) in [6.07, 6.45) is 8.56. The zero-order valence-corrected chi connectivity index (χ0v) is 15.3. The lowest BCUT2D eigenvalue weighted by atomic mass is 10.2. The van der Waals surface area contributed by atoms with Crippen LogP contribution in [0.4, 0.5) is 4.79 Å². The molecule has 6 nitrogen and oxygen atoms in total. The van der Waals surface area contributed by atoms with Crippen LogP contribution in [0.3, 0.4) is 0 Å². The summed E-state index contributed by atoms with van der Waals surface area (Å²) in [6, 6.07) is 6.98. The van der Waals surface area contributed by atoms with Gasteiger partial charge in [0.1, 0.15) is 18.9 Å². The van der Waals surface area contributed by atoms with E-state index < -0.39 is 11.1 Å². The molecule has 1 fully saturated rings. The SMILES string of the molecule is C#CCOc1ccc(/C=C2\SC(=O)N(CC(=O)NCCCC)C2=O)cc1. The second kappa shape index (κ2) is 9.68. The van der Waals surface area contributed by atoms with Crippen LogP contribution in [0.5, 0.6) is 5.75 Å². The highest BCUT2D eigenvalue weighted by Gasteiger charge is 2.36. The van der Waals surface area contributed by atoms with Gasteiger partial charge in [0.2, 0.25) is 5.91 Å². The molecule has 7 heteroatoms. The first-order valence-electron chi connectivity index (χ1n) is 8.23. The van der Waals surface area contributed by atoms with Crippen molar-refractivity contribution in [1.82, 2.24) is 10.2 Å². The number of nitrogens with zero attached hydrogens (tertiary/aromatic N) is 1. The van der Waals surface area contributed by atoms with Gasteiger partial charge < -0.3 is 10.1 Å². The quantitative estimate of drug-likeness (QED) is 0.431. The van der Waals surface area contributed by atoms with Gasteiger partial charge in [-0.25, -0.2) is 0 Å². The monoisotopic (exact) mass is 372 g/mol. The van der Waals surface area contributed by atoms with E-state index in [1.807, 2.05) is 6.92 Å². The maximum atomic E-state index is 12.4. The van der Waals surface area contributed by atoms with Gasteiger partial charge >= 0.3 is 0 Å². The second-order valence-corrected chi connectivity index (χ2v) is 6.53. The molecule has 1 saturated heterocycles. The summed E-state index contributed by atoms with van der Waals surface area (Å²) in [5, 5.41) is 2.25. The molecule has 2 rings (SSSR count). The first-order valence-corrected chi connectivity index (χ1v) is 9.05. The molecule has 0 unspecified atom stereocenters. The molecule has 0 aliphatic carbocycles. The van der Waals surface area contributed by atoms with E-state index in [0.29, 0.717) is 12.3 Å². The minimum atomic E-state index is -0.460. The van der Waals surface area contributed by atoms with E-state index >= 15 is 0 Å². The molecule has 136 valence electrons. The molecular weight excluding hydrogens is 352 g/mol. The molecule has 0 radical (unpaired) electrons. The first kappa shape index (κ1) is 19.6. The molecule has 0 atom stereocenters. The van der Waals surface area contributed by atoms with Crippen LogP contribution in [0.2, 0.25) is 0 Å². The van der Waals surface area contributed by atoms with Crippen molar-refractivity contribution in [2.45, 2.75) is 19.8 Å². The normalized spacial score (nSPS) is 15.2. The Hall–Kier alpha value is -2.72. The molecule has 26 heavy (non-hydrogen) atoms. The summed E-state index contributed by atoms with van der Waals surface area (Å²) in [4.78, 5) is 37.5. The van der Waals surface area contributed by atoms with E-state index in [1.165, 1.54) is 0 Å². The largest absolute Gasteiger partial charge is 0.481 e. The third kappa shape index (κ3) is 5.39. The topological polar surface area (TPSA) is 75.7 Å². The second-order valence-electron chi connectivity index (χ2n) is 5.53. The Morgan fingerprint density at radius 3 is 2.73 bits per heavy atom. The highest BCUT2D eigenvalue weighted by Crippen LogP contribution is 2.32. The number of ether oxygens (including phenoxy) is 1. The standard InChI is InChI=1S/C19H20N2O4S/c1-3-5-10-20-17(22)13-21-18(23)16(26-19(21)24)12-14-6-8-15(9-7-14)25-11-4-2/h2,6-9,12H,3,5,10-11,13H2,1H3,(H,20,22)/b16-12-. The number of carbonyl (C=O) groups excluding carboxylic acids is 3. The molecule has 0 saturated carbocycles. The maximum Gasteiger partial charge on any atom is 0.294 e. The average molecular weight is 372 g/mol. The van der Waals surface area contributed by atoms with Crippen LogP contribution in [0.25, 0.3) is 6.08 Å². The number of carbonyl (C=O) groups is 3. The molecule has 1 aliphatic heterocycles. The van der Waals surface area contributed by atoms with Crippen LogP contribution >= 0.6 is 11.8 Å². The molecule has 1 heterocycles. The van der Waals surface area contributed by atoms with E-state index in [9.17, 15) is 14.4 Å². The third-order valence-electron chi connectivity index (χ3n) is 3.53. The van der Waals surface area contributed by atoms with Gasteiger partial charge in [0, 0.05) is 6.54 Å². The van der Waals surface area contributed by atoms with Crippen molar-refractivity contribution in [3.8, 4) is 18.1 Å². The number of unbranched alkanes of at least 4 members (excludes halogenated alkanes) is 1. The lowest BCUT2D eigenvalue weighted by molar-refractivity contribution is -0.129. The average Bonchev–Trinajstić information content (AvgIpc) is 2.89. The van der Waals surface area contributed by atoms with Gasteiger partial charge in [-0.1, -0.05) is 31.4 Å². The number of rotatable bonds is 8. The predicted molar refractivity (Wildman–Crippen MR) is 101 cm³/mol. The minimum Gasteiger partial charge on any atom is -0.481 e. The molecule has 1 aromatic carbocycles. The number of terminal acetylenes is 1. The molecule has 0 spiro atoms. The summed E-state index contributed by atoms with van der Waals surface area (Å²) < 4.78 is 5.28. The van der Waals surface area contributed by atoms with Gasteiger partial charge in [0.15, 0.2) is 0 Å². The van der Waals surface area contributed by atoms with Gasteiger partial charge in [-0.05, 0) is 42.0 Å². The van der Waals surface area contributed by atoms with E-state index in [4.69, 9.17) is 11.2 Å². The van der Waals surface area contributed by atoms with Gasteiger partial charge in [0.05, 0.1) is 4.91 Å². The molecule has 1 aromatic rings. The van der Waals surface area contributed by atoms with Crippen LogP contribution < -0.4 is 10.1 Å². The van der Waals surface area contributed by atoms with E-state index in [1.54, 1.807) is 30.3 Å².